The summed E-state index contributed by atoms with van der Waals surface area (Å²) in [6, 6.07) is 8.76. The molecule has 530 valence electrons. The smallest absolute Gasteiger partial charge is 0.521 e. The van der Waals surface area contributed by atoms with Crippen molar-refractivity contribution in [2.45, 2.75) is 60.3 Å². The van der Waals surface area contributed by atoms with Crippen molar-refractivity contribution in [1.29, 1.82) is 0 Å². The van der Waals surface area contributed by atoms with Gasteiger partial charge in [0.05, 0.1) is 120 Å². The molecule has 0 radical (unpaired) electrons. The molecule has 0 aliphatic heterocycles. The minimum Gasteiger partial charge on any atom is -0.565 e. The van der Waals surface area contributed by atoms with E-state index in [-0.39, 0.29) is 60.3 Å². The number of aliphatic hydroxyl groups excluding tert-OH is 1. The van der Waals surface area contributed by atoms with Crippen LogP contribution in [0.25, 0.3) is 21.9 Å². The molecule has 0 spiro atoms. The highest BCUT2D eigenvalue weighted by atomic mass is 31.1. The fraction of sp³-hybridized carbons (Fsp3) is 0.565. The van der Waals surface area contributed by atoms with Crippen LogP contribution >= 0.6 is 8.25 Å². The van der Waals surface area contributed by atoms with Crippen molar-refractivity contribution in [3.8, 4) is 40.2 Å². The number of Topliss-reactive ketones (excluding diaryl/α,β-unsaturated/α-hetero) is 1. The van der Waals surface area contributed by atoms with Gasteiger partial charge in [0.2, 0.25) is 0 Å². The van der Waals surface area contributed by atoms with Crippen LogP contribution in [-0.4, -0.2) is 218 Å². The highest BCUT2D eigenvalue weighted by molar-refractivity contribution is 7.30. The Morgan fingerprint density at radius 3 is 1.46 bits per heavy atom. The number of carbonyl (C=O) groups excluding carboxylic acids is 3. The molecule has 0 aliphatic rings. The number of aryl methyl sites for hydroxylation is 2. The quantitative estimate of drug-likeness (QED) is 0.00379. The average Bonchev–Trinajstić information content (AvgIpc) is 0.778. The number of hydrogen-bond acceptors (Lipinski definition) is 30. The number of aliphatic hydroxyl groups is 1. The second-order valence-electron chi connectivity index (χ2n) is 18.5. The molecule has 30 nitrogen and oxygen atoms in total. The number of methoxy groups -OCH3 is 8. The van der Waals surface area contributed by atoms with E-state index in [2.05, 4.69) is 16.3 Å². The van der Waals surface area contributed by atoms with E-state index < -0.39 is 31.4 Å². The Morgan fingerprint density at radius 2 is 1.04 bits per heavy atom. The molecule has 0 saturated heterocycles. The zero-order chi connectivity index (χ0) is 70.5. The van der Waals surface area contributed by atoms with E-state index in [0.29, 0.717) is 151 Å². The van der Waals surface area contributed by atoms with Crippen LogP contribution in [0.5, 0.6) is 40.2 Å². The summed E-state index contributed by atoms with van der Waals surface area (Å²) in [6.45, 7) is 17.0. The molecule has 2 unspecified atom stereocenters. The molecular weight excluding hydrogens is 1260 g/mol. The number of ketones is 1. The zero-order valence-corrected chi connectivity index (χ0v) is 56.3. The van der Waals surface area contributed by atoms with Crippen molar-refractivity contribution in [3.63, 3.8) is 0 Å². The van der Waals surface area contributed by atoms with E-state index in [1.807, 2.05) is 6.92 Å². The average molecular weight is 1350 g/mol. The normalized spacial score (nSPS) is 10.8. The van der Waals surface area contributed by atoms with Gasteiger partial charge in [0.15, 0.2) is 46.4 Å². The van der Waals surface area contributed by atoms with Crippen LogP contribution in [0.2, 0.25) is 0 Å². The SMILES string of the molecule is CCCOCCOC.CCOC(=O)C(CCOCCOC)C(C)=O.COCCOCCO.COCCOCCc1c(C)c2cc(OC)c(O)c(C=O)c2oc1=O.COCCOCCc1c(C)c2cc(OC)c(O)cc2oc1=O.COc1ccc(O)cc1O.O=[P+]([O-])OO.[HH]. The molecule has 2 atom stereocenters. The summed E-state index contributed by atoms with van der Waals surface area (Å²) in [5, 5.41) is 54.1. The maximum absolute atomic E-state index is 12.2. The lowest BCUT2D eigenvalue weighted by molar-refractivity contribution is -0.244. The van der Waals surface area contributed by atoms with E-state index >= 15 is 0 Å². The van der Waals surface area contributed by atoms with Gasteiger partial charge < -0.3 is 106 Å². The van der Waals surface area contributed by atoms with Crippen LogP contribution in [0.1, 0.15) is 67.7 Å². The molecule has 5 aromatic rings. The lowest BCUT2D eigenvalue weighted by atomic mass is 10.0. The highest BCUT2D eigenvalue weighted by Crippen LogP contribution is 2.37. The van der Waals surface area contributed by atoms with Crippen LogP contribution in [0.4, 0.5) is 0 Å². The van der Waals surface area contributed by atoms with E-state index in [1.165, 1.54) is 52.5 Å². The van der Waals surface area contributed by atoms with E-state index in [9.17, 15) is 34.2 Å². The number of carbonyl (C=O) groups is 3. The standard InChI is InChI=1S/C17H20O7.C16H20O6.C11H20O5.C7H8O3.C6H14O2.C5H12O3.HO4P.H2/c1-10-11(4-5-23-7-6-21-2)17(20)24-16-12(10)8-14(22-3)15(19)13(16)9-18;1-10-11(4-5-21-7-6-19-2)16(18)22-14-9-13(17)15(20-3)8-12(10)14;1-4-16-11(13)10(9(2)12)5-6-15-8-7-14-3;1-10-7-3-2-5(8)4-6(7)9;1-3-4-8-6-5-7-2;1-7-4-5-8-3-2-6;1-4-5(2)3;/h8-9,19H,4-7H2,1-3H3;8-9,17H,4-7H2,1-3H3;10H,4-8H2,1-3H3;2-4,8-9H,1H3;3-6H2,1-2H3;6H,2-5H2,1H3;1H;1H. The van der Waals surface area contributed by atoms with Gasteiger partial charge in [-0.1, -0.05) is 6.92 Å². The molecule has 31 heteroatoms. The molecule has 0 amide bonds. The lowest BCUT2D eigenvalue weighted by Gasteiger charge is -2.12. The summed E-state index contributed by atoms with van der Waals surface area (Å²) in [5.41, 5.74) is 1.82. The van der Waals surface area contributed by atoms with Crippen molar-refractivity contribution in [2.75, 3.05) is 169 Å². The number of phenols is 4. The third kappa shape index (κ3) is 36.9. The van der Waals surface area contributed by atoms with Gasteiger partial charge in [0.25, 0.3) is 0 Å². The van der Waals surface area contributed by atoms with E-state index in [0.717, 1.165) is 30.6 Å². The molecule has 0 saturated carbocycles. The second-order valence-corrected chi connectivity index (χ2v) is 19.1. The van der Waals surface area contributed by atoms with Crippen molar-refractivity contribution in [2.24, 2.45) is 5.92 Å². The first kappa shape index (κ1) is 88.1. The Balaban J connectivity index is -0.00000109. The topological polar surface area (TPSA) is 412 Å². The maximum atomic E-state index is 12.2. The Bertz CT molecular complexity index is 2950. The summed E-state index contributed by atoms with van der Waals surface area (Å²) in [4.78, 5) is 67.1. The largest absolute Gasteiger partial charge is 0.565 e. The Hall–Kier alpha value is -6.97. The molecule has 0 bridgehead atoms. The van der Waals surface area contributed by atoms with Crippen LogP contribution in [0, 0.1) is 19.8 Å². The monoisotopic (exact) mass is 1350 g/mol. The first-order chi connectivity index (χ1) is 44.6. The number of esters is 1. The van der Waals surface area contributed by atoms with E-state index in [1.54, 1.807) is 61.5 Å². The number of hydrogen-bond donors (Lipinski definition) is 6. The van der Waals surface area contributed by atoms with Gasteiger partial charge in [-0.3, -0.25) is 14.4 Å². The molecule has 2 aromatic heterocycles. The number of rotatable bonds is 36. The molecule has 2 heterocycles. The van der Waals surface area contributed by atoms with Gasteiger partial charge in [-0.05, 0) is 80.5 Å². The third-order valence-corrected chi connectivity index (χ3v) is 12.2. The van der Waals surface area contributed by atoms with Gasteiger partial charge >= 0.3 is 25.5 Å². The molecule has 3 aromatic carbocycles. The van der Waals surface area contributed by atoms with Crippen molar-refractivity contribution in [3.05, 3.63) is 85.1 Å². The summed E-state index contributed by atoms with van der Waals surface area (Å²) in [6.07, 6.45) is 2.71. The predicted octanol–water partition coefficient (Wildman–Crippen LogP) is 6.21. The van der Waals surface area contributed by atoms with Crippen molar-refractivity contribution in [1.82, 2.24) is 0 Å². The van der Waals surface area contributed by atoms with Crippen LogP contribution < -0.4 is 30.4 Å². The zero-order valence-electron chi connectivity index (χ0n) is 55.4. The second kappa shape index (κ2) is 55.5. The maximum Gasteiger partial charge on any atom is 0.521 e. The third-order valence-electron chi connectivity index (χ3n) is 12.1. The lowest BCUT2D eigenvalue weighted by Crippen LogP contribution is -2.26. The summed E-state index contributed by atoms with van der Waals surface area (Å²) in [7, 11) is 9.32. The van der Waals surface area contributed by atoms with Crippen LogP contribution in [0.15, 0.2) is 54.8 Å². The number of aldehydes is 1. The molecular formula is C62H97O30P. The minimum atomic E-state index is -3.04. The number of ether oxygens (including phenoxy) is 14. The van der Waals surface area contributed by atoms with Crippen molar-refractivity contribution < 1.29 is 136 Å². The first-order valence-electron chi connectivity index (χ1n) is 28.9. The minimum absolute atomic E-state index is 0. The fourth-order valence-electron chi connectivity index (χ4n) is 7.31. The van der Waals surface area contributed by atoms with Crippen molar-refractivity contribution >= 4 is 48.2 Å². The van der Waals surface area contributed by atoms with Gasteiger partial charge in [-0.25, -0.2) is 14.8 Å². The number of aromatic hydroxyl groups is 4. The molecule has 6 N–H and O–H groups in total. The van der Waals surface area contributed by atoms with Crippen LogP contribution in [-0.2, 0) is 83.8 Å². The summed E-state index contributed by atoms with van der Waals surface area (Å²) >= 11 is 0. The highest BCUT2D eigenvalue weighted by Gasteiger charge is 2.24. The fourth-order valence-corrected chi connectivity index (χ4v) is 7.31. The molecule has 93 heavy (non-hydrogen) atoms. The Labute approximate surface area is 543 Å². The van der Waals surface area contributed by atoms with Gasteiger partial charge in [0, 0.05) is 102 Å². The van der Waals surface area contributed by atoms with Gasteiger partial charge in [0.1, 0.15) is 28.6 Å². The Kier molecular flexibility index (Phi) is 52.5. The van der Waals surface area contributed by atoms with Gasteiger partial charge in [-0.15, -0.1) is 0 Å². The van der Waals surface area contributed by atoms with Gasteiger partial charge in [-0.2, -0.15) is 0 Å². The first-order valence-corrected chi connectivity index (χ1v) is 30.0. The van der Waals surface area contributed by atoms with E-state index in [4.69, 9.17) is 100 Å². The predicted molar refractivity (Wildman–Crippen MR) is 340 cm³/mol. The van der Waals surface area contributed by atoms with Crippen LogP contribution in [0.3, 0.4) is 0 Å². The molecule has 0 fully saturated rings. The number of benzene rings is 3. The summed E-state index contributed by atoms with van der Waals surface area (Å²) < 4.78 is 91.8. The number of fused-ring (bicyclic) bond motifs is 2. The molecule has 5 rings (SSSR count). The summed E-state index contributed by atoms with van der Waals surface area (Å²) in [5.74, 6) is -0.956. The Morgan fingerprint density at radius 1 is 0.602 bits per heavy atom. The number of phenolic OH excluding ortho intramolecular Hbond substituents is 4. The molecule has 0 aliphatic carbocycles.